The van der Waals surface area contributed by atoms with Crippen LogP contribution < -0.4 is 22.2 Å². The van der Waals surface area contributed by atoms with Gasteiger partial charge in [-0.3, -0.25) is 25.1 Å². The fraction of sp³-hybridized carbons (Fsp3) is 0.174. The molecule has 3 aromatic rings. The van der Waals surface area contributed by atoms with Crippen LogP contribution in [0.2, 0.25) is 0 Å². The molecule has 3 rings (SSSR count). The van der Waals surface area contributed by atoms with Crippen LogP contribution in [0.5, 0.6) is 0 Å². The first-order valence-electron chi connectivity index (χ1n) is 10.5. The minimum Gasteiger partial charge on any atom is -0.441 e. The second-order valence-corrected chi connectivity index (χ2v) is 7.65. The summed E-state index contributed by atoms with van der Waals surface area (Å²) in [6.07, 6.45) is 1.34. The van der Waals surface area contributed by atoms with Crippen LogP contribution in [0, 0.1) is 18.7 Å². The Labute approximate surface area is 205 Å². The predicted octanol–water partition coefficient (Wildman–Crippen LogP) is 2.59. The summed E-state index contributed by atoms with van der Waals surface area (Å²) in [6.45, 7) is 3.16. The molecular weight excluding hydrogens is 474 g/mol. The van der Waals surface area contributed by atoms with Gasteiger partial charge >= 0.3 is 6.09 Å². The van der Waals surface area contributed by atoms with Crippen molar-refractivity contribution in [2.75, 3.05) is 12.4 Å². The minimum absolute atomic E-state index is 0.0242. The third-order valence-electron chi connectivity index (χ3n) is 4.85. The number of carbonyl (C=O) groups is 2. The van der Waals surface area contributed by atoms with E-state index in [9.17, 15) is 18.4 Å². The van der Waals surface area contributed by atoms with Gasteiger partial charge in [-0.2, -0.15) is 4.39 Å². The van der Waals surface area contributed by atoms with E-state index in [2.05, 4.69) is 25.6 Å². The number of aryl methyl sites for hydroxylation is 1. The number of halogens is 2. The maximum atomic E-state index is 13.9. The number of hydrogen-bond acceptors (Lipinski definition) is 9. The van der Waals surface area contributed by atoms with Crippen LogP contribution in [0.3, 0.4) is 0 Å². The maximum Gasteiger partial charge on any atom is 0.413 e. The summed E-state index contributed by atoms with van der Waals surface area (Å²) in [5.41, 5.74) is 7.65. The van der Waals surface area contributed by atoms with E-state index in [4.69, 9.17) is 16.3 Å². The average Bonchev–Trinajstić information content (AvgIpc) is 2.84. The second kappa shape index (κ2) is 11.2. The highest BCUT2D eigenvalue weighted by atomic mass is 19.1. The van der Waals surface area contributed by atoms with Gasteiger partial charge in [0.15, 0.2) is 5.82 Å². The third kappa shape index (κ3) is 6.48. The molecule has 0 aromatic carbocycles. The molecule has 1 atom stereocenters. The van der Waals surface area contributed by atoms with Gasteiger partial charge in [0.25, 0.3) is 5.91 Å². The van der Waals surface area contributed by atoms with Gasteiger partial charge in [-0.25, -0.2) is 20.0 Å². The third-order valence-corrected chi connectivity index (χ3v) is 4.85. The monoisotopic (exact) mass is 498 g/mol. The number of aromatic nitrogens is 3. The van der Waals surface area contributed by atoms with Gasteiger partial charge in [0, 0.05) is 18.9 Å². The molecule has 0 saturated heterocycles. The summed E-state index contributed by atoms with van der Waals surface area (Å²) < 4.78 is 32.3. The molecule has 0 saturated carbocycles. The fourth-order valence-electron chi connectivity index (χ4n) is 2.97. The zero-order valence-corrected chi connectivity index (χ0v) is 19.6. The van der Waals surface area contributed by atoms with Crippen LogP contribution in [0.4, 0.5) is 19.3 Å². The Morgan fingerprint density at radius 3 is 2.44 bits per heavy atom. The number of hydrazine groups is 1. The highest BCUT2D eigenvalue weighted by molar-refractivity contribution is 6.04. The van der Waals surface area contributed by atoms with Crippen molar-refractivity contribution in [3.8, 4) is 0 Å². The Balaban J connectivity index is 1.71. The molecule has 188 valence electrons. The lowest BCUT2D eigenvalue weighted by Gasteiger charge is -2.21. The number of anilines is 1. The van der Waals surface area contributed by atoms with Gasteiger partial charge in [-0.1, -0.05) is 0 Å². The van der Waals surface area contributed by atoms with E-state index < -0.39 is 24.0 Å². The van der Waals surface area contributed by atoms with Crippen molar-refractivity contribution < 1.29 is 23.1 Å². The van der Waals surface area contributed by atoms with Crippen molar-refractivity contribution in [3.05, 3.63) is 89.0 Å². The molecule has 0 unspecified atom stereocenters. The average molecular weight is 498 g/mol. The lowest BCUT2D eigenvalue weighted by Crippen LogP contribution is -2.39. The van der Waals surface area contributed by atoms with Crippen LogP contribution in [-0.2, 0) is 4.74 Å². The lowest BCUT2D eigenvalue weighted by atomic mass is 10.2. The molecule has 0 aliphatic carbocycles. The summed E-state index contributed by atoms with van der Waals surface area (Å²) in [7, 11) is 1.41. The van der Waals surface area contributed by atoms with Gasteiger partial charge in [0.1, 0.15) is 17.6 Å². The summed E-state index contributed by atoms with van der Waals surface area (Å²) >= 11 is 0. The number of ether oxygens (including phenoxy) is 1. The molecule has 11 nitrogen and oxygen atoms in total. The van der Waals surface area contributed by atoms with E-state index in [0.29, 0.717) is 17.4 Å². The van der Waals surface area contributed by atoms with Gasteiger partial charge in [0.2, 0.25) is 5.95 Å². The van der Waals surface area contributed by atoms with E-state index >= 15 is 0 Å². The van der Waals surface area contributed by atoms with Gasteiger partial charge in [-0.15, -0.1) is 0 Å². The summed E-state index contributed by atoms with van der Waals surface area (Å²) in [6, 6.07) is 7.31. The van der Waals surface area contributed by atoms with Crippen molar-refractivity contribution in [2.45, 2.75) is 20.0 Å². The van der Waals surface area contributed by atoms with E-state index in [1.165, 1.54) is 32.4 Å². The van der Waals surface area contributed by atoms with Crippen LogP contribution in [-0.4, -0.2) is 39.0 Å². The number of alkyl carbamates (subject to hydrolysis) is 1. The number of nitrogens with two attached hydrogens (primary N) is 2. The number of amides is 2. The molecule has 0 radical (unpaired) electrons. The normalized spacial score (nSPS) is 12.3. The smallest absolute Gasteiger partial charge is 0.413 e. The largest absolute Gasteiger partial charge is 0.441 e. The first kappa shape index (κ1) is 26.0. The van der Waals surface area contributed by atoms with Crippen molar-refractivity contribution in [1.29, 1.82) is 0 Å². The molecule has 13 heteroatoms. The molecule has 0 spiro atoms. The number of rotatable bonds is 7. The highest BCUT2D eigenvalue weighted by Crippen LogP contribution is 2.20. The Kier molecular flexibility index (Phi) is 8.07. The van der Waals surface area contributed by atoms with Crippen molar-refractivity contribution in [1.82, 2.24) is 25.3 Å². The quantitative estimate of drug-likeness (QED) is 0.218. The molecule has 2 amide bonds. The highest BCUT2D eigenvalue weighted by Gasteiger charge is 2.20. The number of hydrogen-bond donors (Lipinski definition) is 4. The Hall–Kier alpha value is -4.65. The van der Waals surface area contributed by atoms with Gasteiger partial charge in [-0.05, 0) is 44.2 Å². The van der Waals surface area contributed by atoms with Crippen LogP contribution in [0.25, 0.3) is 5.70 Å². The standard InChI is InChI=1S/C23H24F2N8O3/c1-12-4-5-14(9-28-12)22(34)31-16-6-7-18(29-11-16)19(26)21(33(3)27)32-23(35)36-13(2)17-8-15(24)10-30-20(17)25/h4-11,13H,26-27H2,1-3H3,(H,31,34)(H,32,35)/b21-19-/t13-/m1/s1. The van der Waals surface area contributed by atoms with Gasteiger partial charge < -0.3 is 15.8 Å². The Morgan fingerprint density at radius 1 is 1.08 bits per heavy atom. The molecule has 3 aromatic heterocycles. The maximum absolute atomic E-state index is 13.9. The summed E-state index contributed by atoms with van der Waals surface area (Å²) in [5, 5.41) is 6.07. The summed E-state index contributed by atoms with van der Waals surface area (Å²) in [4.78, 5) is 36.3. The van der Waals surface area contributed by atoms with Crippen LogP contribution in [0.1, 0.15) is 40.3 Å². The van der Waals surface area contributed by atoms with Crippen LogP contribution >= 0.6 is 0 Å². The van der Waals surface area contributed by atoms with Gasteiger partial charge in [0.05, 0.1) is 34.9 Å². The molecular formula is C23H24F2N8O3. The number of nitrogens with one attached hydrogen (secondary N) is 2. The molecule has 0 bridgehead atoms. The first-order valence-corrected chi connectivity index (χ1v) is 10.5. The molecule has 3 heterocycles. The fourth-order valence-corrected chi connectivity index (χ4v) is 2.97. The van der Waals surface area contributed by atoms with E-state index in [1.807, 2.05) is 6.92 Å². The summed E-state index contributed by atoms with van der Waals surface area (Å²) in [5.74, 6) is 3.60. The molecule has 0 aliphatic heterocycles. The van der Waals surface area contributed by atoms with Crippen LogP contribution in [0.15, 0.2) is 54.7 Å². The predicted molar refractivity (Wildman–Crippen MR) is 126 cm³/mol. The van der Waals surface area contributed by atoms with Crippen molar-refractivity contribution in [2.24, 2.45) is 11.6 Å². The lowest BCUT2D eigenvalue weighted by molar-refractivity contribution is 0.102. The topological polar surface area (TPSA) is 161 Å². The second-order valence-electron chi connectivity index (χ2n) is 7.65. The first-order chi connectivity index (χ1) is 17.0. The Morgan fingerprint density at radius 2 is 1.83 bits per heavy atom. The minimum atomic E-state index is -1.16. The van der Waals surface area contributed by atoms with E-state index in [1.54, 1.807) is 18.2 Å². The number of nitrogens with zero attached hydrogens (tertiary/aromatic N) is 4. The van der Waals surface area contributed by atoms with Crippen molar-refractivity contribution in [3.63, 3.8) is 0 Å². The molecule has 0 fully saturated rings. The zero-order valence-electron chi connectivity index (χ0n) is 19.6. The molecule has 0 aliphatic rings. The number of pyridine rings is 3. The number of carbonyl (C=O) groups excluding carboxylic acids is 2. The van der Waals surface area contributed by atoms with Crippen molar-refractivity contribution >= 4 is 23.4 Å². The molecule has 6 N–H and O–H groups in total. The Bertz CT molecular complexity index is 1280. The SMILES string of the molecule is Cc1ccc(C(=O)Nc2ccc(/C(N)=C(\NC(=O)O[C@H](C)c3cc(F)cnc3F)N(C)N)nc2)cn1. The van der Waals surface area contributed by atoms with E-state index in [-0.39, 0.29) is 28.7 Å². The van der Waals surface area contributed by atoms with E-state index in [0.717, 1.165) is 16.8 Å². The molecule has 36 heavy (non-hydrogen) atoms. The zero-order chi connectivity index (χ0) is 26.4.